The van der Waals surface area contributed by atoms with Crippen LogP contribution >= 0.6 is 0 Å². The summed E-state index contributed by atoms with van der Waals surface area (Å²) in [5, 5.41) is 7.47. The van der Waals surface area contributed by atoms with Crippen LogP contribution in [0.1, 0.15) is 53.4 Å². The zero-order chi connectivity index (χ0) is 17.1. The van der Waals surface area contributed by atoms with Crippen molar-refractivity contribution in [1.29, 1.82) is 0 Å². The zero-order valence-electron chi connectivity index (χ0n) is 15.9. The molecule has 128 valence electrons. The van der Waals surface area contributed by atoms with Gasteiger partial charge in [0.15, 0.2) is 0 Å². The molecule has 23 heavy (non-hydrogen) atoms. The van der Waals surface area contributed by atoms with Crippen molar-refractivity contribution in [2.45, 2.75) is 53.4 Å². The number of hydrogen-bond acceptors (Lipinski definition) is 0. The van der Waals surface area contributed by atoms with Gasteiger partial charge in [-0.2, -0.15) is 39.3 Å². The molecule has 0 saturated carbocycles. The first-order chi connectivity index (χ1) is 10.7. The third-order valence-corrected chi connectivity index (χ3v) is 2.93. The molecule has 0 aromatic carbocycles. The molecule has 3 heteroatoms. The van der Waals surface area contributed by atoms with Crippen molar-refractivity contribution in [3.63, 3.8) is 0 Å². The van der Waals surface area contributed by atoms with Gasteiger partial charge in [-0.3, -0.25) is 12.2 Å². The molecular formula is C20H34HfN2. The van der Waals surface area contributed by atoms with Crippen LogP contribution in [0.25, 0.3) is 10.6 Å². The molecule has 2 aliphatic carbocycles. The fourth-order valence-corrected chi connectivity index (χ4v) is 1.39. The van der Waals surface area contributed by atoms with E-state index in [-0.39, 0.29) is 25.8 Å². The standard InChI is InChI=1S/2C7H9.2C3H8N.Hf/c2*1-2-7-5-3-4-6-7;2*1-3-4-2;/h2*3,5H,2,4H2,1H3;2*3H2,1-2H3;/q4*-1;+4. The molecule has 2 nitrogen and oxygen atoms in total. The second kappa shape index (κ2) is 24.0. The number of rotatable bonds is 4. The summed E-state index contributed by atoms with van der Waals surface area (Å²) in [6, 6.07) is 0. The maximum absolute atomic E-state index is 3.74. The summed E-state index contributed by atoms with van der Waals surface area (Å²) >= 11 is 0. The molecule has 0 atom stereocenters. The Morgan fingerprint density at radius 1 is 0.783 bits per heavy atom. The van der Waals surface area contributed by atoms with Crippen LogP contribution in [0.4, 0.5) is 0 Å². The molecule has 0 aromatic rings. The summed E-state index contributed by atoms with van der Waals surface area (Å²) in [5.74, 6) is 0. The van der Waals surface area contributed by atoms with E-state index in [1.165, 1.54) is 11.1 Å². The quantitative estimate of drug-likeness (QED) is 0.339. The average molecular weight is 481 g/mol. The van der Waals surface area contributed by atoms with Gasteiger partial charge >= 0.3 is 25.8 Å². The molecule has 0 unspecified atom stereocenters. The van der Waals surface area contributed by atoms with Crippen molar-refractivity contribution in [3.8, 4) is 0 Å². The van der Waals surface area contributed by atoms with E-state index in [2.05, 4.69) is 60.9 Å². The van der Waals surface area contributed by atoms with Crippen LogP contribution in [0.3, 0.4) is 0 Å². The second-order valence-corrected chi connectivity index (χ2v) is 4.59. The molecule has 0 amide bonds. The van der Waals surface area contributed by atoms with E-state index in [0.29, 0.717) is 0 Å². The predicted octanol–water partition coefficient (Wildman–Crippen LogP) is 6.19. The monoisotopic (exact) mass is 482 g/mol. The largest absolute Gasteiger partial charge is 4.00 e. The maximum atomic E-state index is 3.74. The summed E-state index contributed by atoms with van der Waals surface area (Å²) in [4.78, 5) is 0. The molecule has 0 saturated heterocycles. The predicted molar refractivity (Wildman–Crippen MR) is 101 cm³/mol. The molecule has 0 aromatic heterocycles. The van der Waals surface area contributed by atoms with Crippen LogP contribution in [0.2, 0.25) is 0 Å². The summed E-state index contributed by atoms with van der Waals surface area (Å²) in [6.07, 6.45) is 19.3. The van der Waals surface area contributed by atoms with E-state index < -0.39 is 0 Å². The van der Waals surface area contributed by atoms with Gasteiger partial charge in [0.05, 0.1) is 0 Å². The molecule has 2 rings (SSSR count). The smallest absolute Gasteiger partial charge is 0.665 e. The third kappa shape index (κ3) is 21.8. The molecular weight excluding hydrogens is 447 g/mol. The first kappa shape index (κ1) is 27.6. The van der Waals surface area contributed by atoms with Crippen molar-refractivity contribution in [1.82, 2.24) is 0 Å². The fraction of sp³-hybridized carbons (Fsp3) is 0.600. The summed E-state index contributed by atoms with van der Waals surface area (Å²) < 4.78 is 0. The number of nitrogens with zero attached hydrogens (tertiary/aromatic N) is 2. The summed E-state index contributed by atoms with van der Waals surface area (Å²) in [5.41, 5.74) is 2.72. The average Bonchev–Trinajstić information content (AvgIpc) is 3.28. The molecule has 0 aliphatic heterocycles. The Hall–Kier alpha value is -0.250. The van der Waals surface area contributed by atoms with E-state index in [4.69, 9.17) is 0 Å². The molecule has 0 radical (unpaired) electrons. The van der Waals surface area contributed by atoms with Crippen molar-refractivity contribution >= 4 is 0 Å². The van der Waals surface area contributed by atoms with E-state index >= 15 is 0 Å². The van der Waals surface area contributed by atoms with Crippen LogP contribution in [0, 0.1) is 12.2 Å². The van der Waals surface area contributed by atoms with Crippen LogP contribution < -0.4 is 0 Å². The Kier molecular flexibility index (Phi) is 28.8. The van der Waals surface area contributed by atoms with Gasteiger partial charge in [-0.1, -0.05) is 40.5 Å². The van der Waals surface area contributed by atoms with Gasteiger partial charge in [-0.25, -0.2) is 23.3 Å². The minimum atomic E-state index is 0. The van der Waals surface area contributed by atoms with Gasteiger partial charge in [0.2, 0.25) is 0 Å². The molecule has 0 bridgehead atoms. The number of allylic oxidation sites excluding steroid dienone is 8. The Morgan fingerprint density at radius 3 is 1.17 bits per heavy atom. The molecule has 0 N–H and O–H groups in total. The van der Waals surface area contributed by atoms with E-state index in [1.54, 1.807) is 14.1 Å². The van der Waals surface area contributed by atoms with Gasteiger partial charge in [0, 0.05) is 0 Å². The van der Waals surface area contributed by atoms with Gasteiger partial charge in [-0.15, -0.1) is 12.8 Å². The van der Waals surface area contributed by atoms with Crippen LogP contribution in [0.15, 0.2) is 35.5 Å². The van der Waals surface area contributed by atoms with Crippen molar-refractivity contribution < 1.29 is 25.8 Å². The first-order valence-corrected chi connectivity index (χ1v) is 8.33. The van der Waals surface area contributed by atoms with Gasteiger partial charge in [0.25, 0.3) is 0 Å². The van der Waals surface area contributed by atoms with Gasteiger partial charge in [-0.05, 0) is 0 Å². The van der Waals surface area contributed by atoms with Crippen LogP contribution in [-0.2, 0) is 25.8 Å². The Bertz CT molecular complexity index is 304. The van der Waals surface area contributed by atoms with Gasteiger partial charge < -0.3 is 10.6 Å². The number of hydrogen-bond donors (Lipinski definition) is 0. The van der Waals surface area contributed by atoms with Crippen molar-refractivity contribution in [2.75, 3.05) is 27.2 Å². The van der Waals surface area contributed by atoms with Crippen molar-refractivity contribution in [3.05, 3.63) is 58.2 Å². The van der Waals surface area contributed by atoms with Gasteiger partial charge in [0.1, 0.15) is 0 Å². The van der Waals surface area contributed by atoms with Crippen LogP contribution in [0.5, 0.6) is 0 Å². The van der Waals surface area contributed by atoms with Crippen LogP contribution in [-0.4, -0.2) is 27.2 Å². The Morgan fingerprint density at radius 2 is 1.09 bits per heavy atom. The van der Waals surface area contributed by atoms with E-state index in [9.17, 15) is 0 Å². The molecule has 2 aliphatic rings. The Balaban J connectivity index is -0.000000238. The molecule has 0 spiro atoms. The fourth-order valence-electron chi connectivity index (χ4n) is 1.39. The van der Waals surface area contributed by atoms with E-state index in [1.807, 2.05) is 13.8 Å². The summed E-state index contributed by atoms with van der Waals surface area (Å²) in [7, 11) is 3.61. The minimum absolute atomic E-state index is 0. The SMILES string of the molecule is CCC1=[C-]CC=C1.CCC1=[C-]CC=C1.CC[N-]C.CC[N-]C.[Hf+4]. The third-order valence-electron chi connectivity index (χ3n) is 2.93. The summed E-state index contributed by atoms with van der Waals surface area (Å²) in [6.45, 7) is 10.2. The topological polar surface area (TPSA) is 28.2 Å². The Labute approximate surface area is 164 Å². The first-order valence-electron chi connectivity index (χ1n) is 8.33. The normalized spacial score (nSPS) is 13.3. The van der Waals surface area contributed by atoms with E-state index in [0.717, 1.165) is 38.8 Å². The second-order valence-electron chi connectivity index (χ2n) is 4.59. The molecule has 0 fully saturated rings. The van der Waals surface area contributed by atoms with Crippen molar-refractivity contribution in [2.24, 2.45) is 0 Å². The zero-order valence-corrected chi connectivity index (χ0v) is 19.5. The maximum Gasteiger partial charge on any atom is 4.00 e. The minimum Gasteiger partial charge on any atom is -0.665 e. The molecule has 0 heterocycles.